The molecule has 1 aliphatic heterocycles. The molecule has 0 saturated carbocycles. The van der Waals surface area contributed by atoms with E-state index in [9.17, 15) is 18.0 Å². The molecule has 1 heterocycles. The zero-order valence-electron chi connectivity index (χ0n) is 21.1. The number of carbonyl (C=O) groups is 2. The van der Waals surface area contributed by atoms with Gasteiger partial charge in [-0.2, -0.15) is 4.31 Å². The molecular weight excluding hydrogens is 492 g/mol. The standard InChI is InChI=1S/C28H30N2O6S/c1-19-9-10-21(3)25(17-19)29-27(31)26(22-7-5-4-6-8-22)36-28(32)24-18-23(12-11-20(24)2)37(33,34)30-13-15-35-16-14-30/h4-12,17-18,26H,13-16H2,1-3H3,(H,29,31)/t26-/m1/s1. The molecule has 0 radical (unpaired) electrons. The Morgan fingerprint density at radius 2 is 1.59 bits per heavy atom. The molecule has 0 aliphatic carbocycles. The van der Waals surface area contributed by atoms with Gasteiger partial charge < -0.3 is 14.8 Å². The van der Waals surface area contributed by atoms with E-state index in [1.165, 1.54) is 16.4 Å². The van der Waals surface area contributed by atoms with Gasteiger partial charge in [0.2, 0.25) is 16.1 Å². The highest BCUT2D eigenvalue weighted by molar-refractivity contribution is 7.89. The van der Waals surface area contributed by atoms with Gasteiger partial charge >= 0.3 is 5.97 Å². The third-order valence-electron chi connectivity index (χ3n) is 6.25. The van der Waals surface area contributed by atoms with Gasteiger partial charge in [0.05, 0.1) is 23.7 Å². The van der Waals surface area contributed by atoms with Gasteiger partial charge in [0.1, 0.15) is 0 Å². The third-order valence-corrected chi connectivity index (χ3v) is 8.15. The van der Waals surface area contributed by atoms with Crippen molar-refractivity contribution < 1.29 is 27.5 Å². The van der Waals surface area contributed by atoms with E-state index in [-0.39, 0.29) is 23.5 Å². The van der Waals surface area contributed by atoms with Crippen LogP contribution in [0.2, 0.25) is 0 Å². The van der Waals surface area contributed by atoms with Crippen molar-refractivity contribution in [1.82, 2.24) is 4.31 Å². The SMILES string of the molecule is Cc1ccc(C)c(NC(=O)[C@H](OC(=O)c2cc(S(=O)(=O)N3CCOCC3)ccc2C)c2ccccc2)c1. The summed E-state index contributed by atoms with van der Waals surface area (Å²) in [6.07, 6.45) is -1.24. The van der Waals surface area contributed by atoms with Gasteiger partial charge in [-0.1, -0.05) is 48.5 Å². The summed E-state index contributed by atoms with van der Waals surface area (Å²) in [4.78, 5) is 26.7. The second-order valence-corrected chi connectivity index (χ2v) is 10.9. The Bertz CT molecular complexity index is 1400. The van der Waals surface area contributed by atoms with Crippen molar-refractivity contribution in [3.8, 4) is 0 Å². The highest BCUT2D eigenvalue weighted by atomic mass is 32.2. The monoisotopic (exact) mass is 522 g/mol. The van der Waals surface area contributed by atoms with Gasteiger partial charge in [-0.3, -0.25) is 4.79 Å². The minimum atomic E-state index is -3.82. The van der Waals surface area contributed by atoms with Crippen molar-refractivity contribution in [2.75, 3.05) is 31.6 Å². The van der Waals surface area contributed by atoms with Gasteiger partial charge in [0.25, 0.3) is 5.91 Å². The topological polar surface area (TPSA) is 102 Å². The highest BCUT2D eigenvalue weighted by Gasteiger charge is 2.30. The summed E-state index contributed by atoms with van der Waals surface area (Å²) in [6, 6.07) is 18.8. The van der Waals surface area contributed by atoms with Crippen LogP contribution in [-0.2, 0) is 24.3 Å². The minimum absolute atomic E-state index is 0.0111. The van der Waals surface area contributed by atoms with Gasteiger partial charge in [-0.05, 0) is 55.7 Å². The summed E-state index contributed by atoms with van der Waals surface area (Å²) in [7, 11) is -3.82. The van der Waals surface area contributed by atoms with Crippen molar-refractivity contribution in [3.63, 3.8) is 0 Å². The smallest absolute Gasteiger partial charge is 0.339 e. The van der Waals surface area contributed by atoms with Crippen LogP contribution in [0, 0.1) is 20.8 Å². The number of morpholine rings is 1. The van der Waals surface area contributed by atoms with Crippen LogP contribution in [-0.4, -0.2) is 50.9 Å². The van der Waals surface area contributed by atoms with E-state index in [4.69, 9.17) is 9.47 Å². The van der Waals surface area contributed by atoms with Crippen LogP contribution in [0.1, 0.15) is 38.7 Å². The Labute approximate surface area is 217 Å². The van der Waals surface area contributed by atoms with E-state index in [0.29, 0.717) is 30.0 Å². The number of aryl methyl sites for hydroxylation is 3. The molecule has 1 saturated heterocycles. The lowest BCUT2D eigenvalue weighted by atomic mass is 10.1. The maximum Gasteiger partial charge on any atom is 0.339 e. The van der Waals surface area contributed by atoms with Crippen molar-refractivity contribution in [2.24, 2.45) is 0 Å². The number of anilines is 1. The Hall–Kier alpha value is -3.53. The van der Waals surface area contributed by atoms with E-state index < -0.39 is 28.0 Å². The predicted molar refractivity (Wildman–Crippen MR) is 140 cm³/mol. The number of benzene rings is 3. The van der Waals surface area contributed by atoms with E-state index in [1.807, 2.05) is 32.0 Å². The number of amides is 1. The third kappa shape index (κ3) is 6.07. The van der Waals surface area contributed by atoms with Crippen LogP contribution in [0.3, 0.4) is 0 Å². The van der Waals surface area contributed by atoms with Crippen LogP contribution in [0.15, 0.2) is 71.6 Å². The first kappa shape index (κ1) is 26.5. The van der Waals surface area contributed by atoms with E-state index in [1.54, 1.807) is 43.3 Å². The maximum atomic E-state index is 13.4. The number of esters is 1. The van der Waals surface area contributed by atoms with Crippen LogP contribution >= 0.6 is 0 Å². The van der Waals surface area contributed by atoms with E-state index in [0.717, 1.165) is 11.1 Å². The van der Waals surface area contributed by atoms with Crippen LogP contribution in [0.4, 0.5) is 5.69 Å². The molecule has 1 N–H and O–H groups in total. The fourth-order valence-corrected chi connectivity index (χ4v) is 5.49. The van der Waals surface area contributed by atoms with Crippen molar-refractivity contribution in [3.05, 3.63) is 94.5 Å². The predicted octanol–water partition coefficient (Wildman–Crippen LogP) is 4.17. The quantitative estimate of drug-likeness (QED) is 0.468. The first-order valence-electron chi connectivity index (χ1n) is 12.0. The molecule has 1 amide bonds. The molecule has 8 nitrogen and oxygen atoms in total. The fraction of sp³-hybridized carbons (Fsp3) is 0.286. The second-order valence-electron chi connectivity index (χ2n) is 9.00. The molecule has 3 aromatic carbocycles. The van der Waals surface area contributed by atoms with Crippen molar-refractivity contribution in [1.29, 1.82) is 0 Å². The number of hydrogen-bond donors (Lipinski definition) is 1. The maximum absolute atomic E-state index is 13.4. The number of hydrogen-bond acceptors (Lipinski definition) is 6. The fourth-order valence-electron chi connectivity index (χ4n) is 4.06. The van der Waals surface area contributed by atoms with Gasteiger partial charge in [0.15, 0.2) is 0 Å². The highest BCUT2D eigenvalue weighted by Crippen LogP contribution is 2.26. The Morgan fingerprint density at radius 3 is 2.30 bits per heavy atom. The Kier molecular flexibility index (Phi) is 8.06. The van der Waals surface area contributed by atoms with Crippen molar-refractivity contribution >= 4 is 27.6 Å². The molecule has 0 spiro atoms. The van der Waals surface area contributed by atoms with Crippen molar-refractivity contribution in [2.45, 2.75) is 31.8 Å². The number of carbonyl (C=O) groups excluding carboxylic acids is 2. The summed E-state index contributed by atoms with van der Waals surface area (Å²) in [5, 5.41) is 2.87. The molecule has 3 aromatic rings. The summed E-state index contributed by atoms with van der Waals surface area (Å²) in [5.41, 5.74) is 3.57. The molecule has 37 heavy (non-hydrogen) atoms. The number of sulfonamides is 1. The lowest BCUT2D eigenvalue weighted by Crippen LogP contribution is -2.40. The molecule has 4 rings (SSSR count). The van der Waals surface area contributed by atoms with E-state index >= 15 is 0 Å². The number of nitrogens with zero attached hydrogens (tertiary/aromatic N) is 1. The zero-order valence-corrected chi connectivity index (χ0v) is 21.9. The molecule has 1 aliphatic rings. The second kappa shape index (κ2) is 11.2. The van der Waals surface area contributed by atoms with Crippen LogP contribution < -0.4 is 5.32 Å². The van der Waals surface area contributed by atoms with E-state index in [2.05, 4.69) is 5.32 Å². The molecule has 1 atom stereocenters. The van der Waals surface area contributed by atoms with Gasteiger partial charge in [-0.15, -0.1) is 0 Å². The average molecular weight is 523 g/mol. The minimum Gasteiger partial charge on any atom is -0.444 e. The summed E-state index contributed by atoms with van der Waals surface area (Å²) in [5.74, 6) is -1.30. The summed E-state index contributed by atoms with van der Waals surface area (Å²) >= 11 is 0. The van der Waals surface area contributed by atoms with Gasteiger partial charge in [0, 0.05) is 24.3 Å². The number of rotatable bonds is 7. The molecule has 0 unspecified atom stereocenters. The molecule has 9 heteroatoms. The lowest BCUT2D eigenvalue weighted by Gasteiger charge is -2.26. The molecule has 0 aromatic heterocycles. The molecule has 194 valence electrons. The number of ether oxygens (including phenoxy) is 2. The molecular formula is C28H30N2O6S. The van der Waals surface area contributed by atoms with Gasteiger partial charge in [-0.25, -0.2) is 13.2 Å². The number of nitrogens with one attached hydrogen (secondary N) is 1. The van der Waals surface area contributed by atoms with Crippen LogP contribution in [0.5, 0.6) is 0 Å². The van der Waals surface area contributed by atoms with Crippen LogP contribution in [0.25, 0.3) is 0 Å². The Balaban J connectivity index is 1.63. The zero-order chi connectivity index (χ0) is 26.6. The Morgan fingerprint density at radius 1 is 0.919 bits per heavy atom. The molecule has 0 bridgehead atoms. The first-order chi connectivity index (χ1) is 17.7. The largest absolute Gasteiger partial charge is 0.444 e. The summed E-state index contributed by atoms with van der Waals surface area (Å²) in [6.45, 7) is 6.60. The lowest BCUT2D eigenvalue weighted by molar-refractivity contribution is -0.125. The normalized spacial score (nSPS) is 15.1. The average Bonchev–Trinajstić information content (AvgIpc) is 2.90. The molecule has 1 fully saturated rings. The summed E-state index contributed by atoms with van der Waals surface area (Å²) < 4.78 is 38.6. The first-order valence-corrected chi connectivity index (χ1v) is 13.4.